The molecule has 0 aliphatic carbocycles. The van der Waals surface area contributed by atoms with Crippen molar-refractivity contribution in [1.29, 1.82) is 0 Å². The summed E-state index contributed by atoms with van der Waals surface area (Å²) in [4.78, 5) is 22.3. The molecule has 0 saturated carbocycles. The van der Waals surface area contributed by atoms with Crippen LogP contribution in [0.15, 0.2) is 58.0 Å². The van der Waals surface area contributed by atoms with E-state index in [1.807, 2.05) is 31.2 Å². The molecule has 27 heavy (non-hydrogen) atoms. The highest BCUT2D eigenvalue weighted by molar-refractivity contribution is 5.99. The quantitative estimate of drug-likeness (QED) is 0.391. The number of furan rings is 1. The van der Waals surface area contributed by atoms with Gasteiger partial charge in [-0.2, -0.15) is 5.10 Å². The first-order valence-electron chi connectivity index (χ1n) is 8.28. The SMILES string of the molecule is CCc1oc2ccccc2c1/C=N\NC(=O)COc1ccccc1[N+](=O)[O-]. The van der Waals surface area contributed by atoms with Crippen LogP contribution in [0.2, 0.25) is 0 Å². The average molecular weight is 367 g/mol. The van der Waals surface area contributed by atoms with Gasteiger partial charge in [0.25, 0.3) is 5.91 Å². The third kappa shape index (κ3) is 4.12. The number of hydrogen-bond donors (Lipinski definition) is 1. The number of carbonyl (C=O) groups excluding carboxylic acids is 1. The third-order valence-corrected chi connectivity index (χ3v) is 3.84. The van der Waals surface area contributed by atoms with Crippen molar-refractivity contribution in [3.05, 3.63) is 70.0 Å². The number of amides is 1. The van der Waals surface area contributed by atoms with Crippen LogP contribution in [-0.2, 0) is 11.2 Å². The molecule has 1 N–H and O–H groups in total. The first-order chi connectivity index (χ1) is 13.1. The normalized spacial score (nSPS) is 11.0. The van der Waals surface area contributed by atoms with Gasteiger partial charge in [0, 0.05) is 23.4 Å². The predicted octanol–water partition coefficient (Wildman–Crippen LogP) is 3.43. The molecule has 138 valence electrons. The van der Waals surface area contributed by atoms with Gasteiger partial charge in [-0.15, -0.1) is 0 Å². The Labute approximate surface area is 154 Å². The Balaban J connectivity index is 1.64. The highest BCUT2D eigenvalue weighted by atomic mass is 16.6. The Kier molecular flexibility index (Phi) is 5.46. The van der Waals surface area contributed by atoms with Crippen LogP contribution in [0.25, 0.3) is 11.0 Å². The summed E-state index contributed by atoms with van der Waals surface area (Å²) in [6.45, 7) is 1.57. The number of nitro groups is 1. The lowest BCUT2D eigenvalue weighted by Gasteiger charge is -2.05. The number of rotatable bonds is 7. The number of hydrazone groups is 1. The molecule has 1 heterocycles. The lowest BCUT2D eigenvalue weighted by Crippen LogP contribution is -2.24. The largest absolute Gasteiger partial charge is 0.477 e. The number of benzene rings is 2. The maximum atomic E-state index is 11.9. The Bertz CT molecular complexity index is 1010. The second-order valence-electron chi connectivity index (χ2n) is 5.60. The van der Waals surface area contributed by atoms with Gasteiger partial charge in [0.1, 0.15) is 11.3 Å². The monoisotopic (exact) mass is 367 g/mol. The van der Waals surface area contributed by atoms with E-state index < -0.39 is 17.4 Å². The zero-order valence-electron chi connectivity index (χ0n) is 14.5. The van der Waals surface area contributed by atoms with Crippen LogP contribution >= 0.6 is 0 Å². The Hall–Kier alpha value is -3.68. The van der Waals surface area contributed by atoms with Gasteiger partial charge in [-0.3, -0.25) is 14.9 Å². The van der Waals surface area contributed by atoms with E-state index in [9.17, 15) is 14.9 Å². The molecule has 0 bridgehead atoms. The van der Waals surface area contributed by atoms with E-state index in [1.54, 1.807) is 6.07 Å². The lowest BCUT2D eigenvalue weighted by molar-refractivity contribution is -0.385. The van der Waals surface area contributed by atoms with Crippen molar-refractivity contribution < 1.29 is 18.9 Å². The van der Waals surface area contributed by atoms with E-state index in [4.69, 9.17) is 9.15 Å². The summed E-state index contributed by atoms with van der Waals surface area (Å²) in [5.41, 5.74) is 3.70. The predicted molar refractivity (Wildman–Crippen MR) is 99.9 cm³/mol. The summed E-state index contributed by atoms with van der Waals surface area (Å²) in [7, 11) is 0. The van der Waals surface area contributed by atoms with Gasteiger partial charge in [0.05, 0.1) is 11.1 Å². The number of para-hydroxylation sites is 3. The van der Waals surface area contributed by atoms with E-state index in [2.05, 4.69) is 10.5 Å². The molecule has 2 aromatic carbocycles. The molecule has 0 spiro atoms. The number of nitro benzene ring substituents is 1. The molecule has 8 nitrogen and oxygen atoms in total. The maximum absolute atomic E-state index is 11.9. The molecule has 1 aromatic heterocycles. The van der Waals surface area contributed by atoms with Gasteiger partial charge in [0.15, 0.2) is 12.4 Å². The highest BCUT2D eigenvalue weighted by Crippen LogP contribution is 2.26. The fraction of sp³-hybridized carbons (Fsp3) is 0.158. The van der Waals surface area contributed by atoms with E-state index >= 15 is 0 Å². The lowest BCUT2D eigenvalue weighted by atomic mass is 10.1. The first kappa shape index (κ1) is 18.1. The molecule has 0 aliphatic rings. The summed E-state index contributed by atoms with van der Waals surface area (Å²) in [6, 6.07) is 13.4. The standard InChI is InChI=1S/C19H17N3O5/c1-2-16-14(13-7-3-5-9-17(13)27-16)11-20-21-19(23)12-26-18-10-6-4-8-15(18)22(24)25/h3-11H,2,12H2,1H3,(H,21,23)/b20-11-. The summed E-state index contributed by atoms with van der Waals surface area (Å²) in [5.74, 6) is 0.260. The highest BCUT2D eigenvalue weighted by Gasteiger charge is 2.15. The van der Waals surface area contributed by atoms with Crippen LogP contribution in [0.1, 0.15) is 18.2 Å². The Morgan fingerprint density at radius 3 is 2.78 bits per heavy atom. The van der Waals surface area contributed by atoms with Gasteiger partial charge in [-0.05, 0) is 12.1 Å². The molecule has 0 fully saturated rings. The number of ether oxygens (including phenoxy) is 1. The van der Waals surface area contributed by atoms with Crippen LogP contribution in [0.5, 0.6) is 5.75 Å². The van der Waals surface area contributed by atoms with Gasteiger partial charge in [0.2, 0.25) is 0 Å². The summed E-state index contributed by atoms with van der Waals surface area (Å²) >= 11 is 0. The van der Waals surface area contributed by atoms with Crippen molar-refractivity contribution in [2.45, 2.75) is 13.3 Å². The van der Waals surface area contributed by atoms with Crippen molar-refractivity contribution in [1.82, 2.24) is 5.43 Å². The van der Waals surface area contributed by atoms with Crippen LogP contribution in [0.4, 0.5) is 5.69 Å². The number of aryl methyl sites for hydroxylation is 1. The van der Waals surface area contributed by atoms with E-state index in [-0.39, 0.29) is 11.4 Å². The molecule has 3 aromatic rings. The average Bonchev–Trinajstić information content (AvgIpc) is 3.04. The topological polar surface area (TPSA) is 107 Å². The molecule has 1 amide bonds. The number of nitrogens with zero attached hydrogens (tertiary/aromatic N) is 2. The summed E-state index contributed by atoms with van der Waals surface area (Å²) < 4.78 is 11.0. The Morgan fingerprint density at radius 1 is 1.26 bits per heavy atom. The van der Waals surface area contributed by atoms with Crippen LogP contribution in [0.3, 0.4) is 0 Å². The fourth-order valence-electron chi connectivity index (χ4n) is 2.59. The minimum atomic E-state index is -0.568. The van der Waals surface area contributed by atoms with Gasteiger partial charge >= 0.3 is 5.69 Å². The van der Waals surface area contributed by atoms with Crippen molar-refractivity contribution in [2.24, 2.45) is 5.10 Å². The van der Waals surface area contributed by atoms with E-state index in [0.717, 1.165) is 22.3 Å². The molecular weight excluding hydrogens is 350 g/mol. The van der Waals surface area contributed by atoms with Gasteiger partial charge in [-0.25, -0.2) is 5.43 Å². The zero-order chi connectivity index (χ0) is 19.2. The molecule has 0 unspecified atom stereocenters. The molecule has 8 heteroatoms. The van der Waals surface area contributed by atoms with Crippen molar-refractivity contribution >= 4 is 28.8 Å². The minimum Gasteiger partial charge on any atom is -0.477 e. The second-order valence-corrected chi connectivity index (χ2v) is 5.60. The number of carbonyl (C=O) groups is 1. The number of nitrogens with one attached hydrogen (secondary N) is 1. The molecule has 0 saturated heterocycles. The Morgan fingerprint density at radius 2 is 2.00 bits per heavy atom. The van der Waals surface area contributed by atoms with E-state index in [1.165, 1.54) is 24.4 Å². The van der Waals surface area contributed by atoms with Gasteiger partial charge in [-0.1, -0.05) is 37.3 Å². The maximum Gasteiger partial charge on any atom is 0.310 e. The number of fused-ring (bicyclic) bond motifs is 1. The first-order valence-corrected chi connectivity index (χ1v) is 8.28. The summed E-state index contributed by atoms with van der Waals surface area (Å²) in [6.07, 6.45) is 2.21. The van der Waals surface area contributed by atoms with Crippen molar-refractivity contribution in [3.63, 3.8) is 0 Å². The fourth-order valence-corrected chi connectivity index (χ4v) is 2.59. The minimum absolute atomic E-state index is 0.0238. The smallest absolute Gasteiger partial charge is 0.310 e. The van der Waals surface area contributed by atoms with Crippen LogP contribution in [-0.4, -0.2) is 23.7 Å². The molecule has 0 radical (unpaired) electrons. The second kappa shape index (κ2) is 8.13. The molecule has 0 atom stereocenters. The molecular formula is C19H17N3O5. The molecule has 3 rings (SSSR count). The van der Waals surface area contributed by atoms with Crippen molar-refractivity contribution in [2.75, 3.05) is 6.61 Å². The van der Waals surface area contributed by atoms with E-state index in [0.29, 0.717) is 6.42 Å². The third-order valence-electron chi connectivity index (χ3n) is 3.84. The molecule has 0 aliphatic heterocycles. The zero-order valence-corrected chi connectivity index (χ0v) is 14.5. The number of hydrogen-bond acceptors (Lipinski definition) is 6. The summed E-state index contributed by atoms with van der Waals surface area (Å²) in [5, 5.41) is 15.8. The van der Waals surface area contributed by atoms with Crippen LogP contribution < -0.4 is 10.2 Å². The van der Waals surface area contributed by atoms with Crippen molar-refractivity contribution in [3.8, 4) is 5.75 Å². The van der Waals surface area contributed by atoms with Gasteiger partial charge < -0.3 is 9.15 Å². The van der Waals surface area contributed by atoms with Crippen LogP contribution in [0, 0.1) is 10.1 Å².